The molecule has 0 atom stereocenters. The molecule has 7 nitrogen and oxygen atoms in total. The van der Waals surface area contributed by atoms with Crippen molar-refractivity contribution in [1.29, 1.82) is 0 Å². The highest BCUT2D eigenvalue weighted by atomic mass is 19.4. The molecule has 2 aromatic heterocycles. The summed E-state index contributed by atoms with van der Waals surface area (Å²) in [7, 11) is 0. The lowest BCUT2D eigenvalue weighted by atomic mass is 9.97. The van der Waals surface area contributed by atoms with E-state index >= 15 is 0 Å². The van der Waals surface area contributed by atoms with E-state index in [4.69, 9.17) is 4.52 Å². The highest BCUT2D eigenvalue weighted by Crippen LogP contribution is 2.34. The summed E-state index contributed by atoms with van der Waals surface area (Å²) in [6.07, 6.45) is -0.0974. The third-order valence-corrected chi connectivity index (χ3v) is 4.21. The third kappa shape index (κ3) is 3.25. The lowest BCUT2D eigenvalue weighted by Crippen LogP contribution is -2.49. The van der Waals surface area contributed by atoms with Gasteiger partial charge in [-0.3, -0.25) is 9.78 Å². The lowest BCUT2D eigenvalue weighted by Gasteiger charge is -2.37. The first-order chi connectivity index (χ1) is 12.9. The van der Waals surface area contributed by atoms with Crippen molar-refractivity contribution in [3.63, 3.8) is 0 Å². The molecule has 0 bridgehead atoms. The number of halogens is 3. The minimum absolute atomic E-state index is 0.202. The number of amides is 1. The van der Waals surface area contributed by atoms with E-state index in [2.05, 4.69) is 20.1 Å². The monoisotopic (exact) mass is 375 g/mol. The third-order valence-electron chi connectivity index (χ3n) is 4.21. The van der Waals surface area contributed by atoms with Gasteiger partial charge in [0.1, 0.15) is 5.69 Å². The predicted molar refractivity (Wildman–Crippen MR) is 85.4 cm³/mol. The highest BCUT2D eigenvalue weighted by molar-refractivity contribution is 5.96. The van der Waals surface area contributed by atoms with Crippen LogP contribution in [0.1, 0.15) is 27.7 Å². The Morgan fingerprint density at radius 3 is 2.67 bits per heavy atom. The molecule has 0 N–H and O–H groups in total. The van der Waals surface area contributed by atoms with Gasteiger partial charge in [0.2, 0.25) is 11.7 Å². The maximum absolute atomic E-state index is 13.1. The van der Waals surface area contributed by atoms with Crippen LogP contribution in [0.15, 0.2) is 47.4 Å². The zero-order chi connectivity index (χ0) is 19.0. The maximum atomic E-state index is 13.1. The Morgan fingerprint density at radius 1 is 1.19 bits per heavy atom. The van der Waals surface area contributed by atoms with Gasteiger partial charge in [0.25, 0.3) is 5.91 Å². The van der Waals surface area contributed by atoms with Gasteiger partial charge in [-0.1, -0.05) is 17.3 Å². The van der Waals surface area contributed by atoms with E-state index in [0.717, 1.165) is 6.07 Å². The van der Waals surface area contributed by atoms with Crippen LogP contribution in [0.3, 0.4) is 0 Å². The number of carbonyl (C=O) groups excluding carboxylic acids is 1. The van der Waals surface area contributed by atoms with Gasteiger partial charge in [0.15, 0.2) is 0 Å². The van der Waals surface area contributed by atoms with Crippen LogP contribution >= 0.6 is 0 Å². The van der Waals surface area contributed by atoms with Crippen LogP contribution < -0.4 is 0 Å². The second-order valence-corrected chi connectivity index (χ2v) is 6.00. The van der Waals surface area contributed by atoms with Gasteiger partial charge >= 0.3 is 6.18 Å². The smallest absolute Gasteiger partial charge is 0.338 e. The Kier molecular flexibility index (Phi) is 4.09. The van der Waals surface area contributed by atoms with Crippen LogP contribution in [-0.2, 0) is 6.18 Å². The van der Waals surface area contributed by atoms with Gasteiger partial charge in [-0.05, 0) is 12.1 Å². The van der Waals surface area contributed by atoms with Gasteiger partial charge in [0.05, 0.1) is 23.2 Å². The molecule has 0 radical (unpaired) electrons. The summed E-state index contributed by atoms with van der Waals surface area (Å²) >= 11 is 0. The van der Waals surface area contributed by atoms with Crippen molar-refractivity contribution >= 4 is 5.91 Å². The summed E-state index contributed by atoms with van der Waals surface area (Å²) < 4.78 is 44.4. The zero-order valence-corrected chi connectivity index (χ0v) is 13.7. The van der Waals surface area contributed by atoms with Crippen LogP contribution in [-0.4, -0.2) is 44.0 Å². The van der Waals surface area contributed by atoms with Crippen LogP contribution in [0.4, 0.5) is 13.2 Å². The minimum Gasteiger partial charge on any atom is -0.338 e. The summed E-state index contributed by atoms with van der Waals surface area (Å²) in [5.41, 5.74) is -0.866. The second kappa shape index (κ2) is 6.45. The number of likely N-dealkylation sites (tertiary alicyclic amines) is 1. The molecule has 0 aliphatic carbocycles. The topological polar surface area (TPSA) is 85.0 Å². The number of aromatic nitrogens is 4. The van der Waals surface area contributed by atoms with Crippen molar-refractivity contribution in [2.75, 3.05) is 13.1 Å². The number of hydrogen-bond acceptors (Lipinski definition) is 6. The van der Waals surface area contributed by atoms with Gasteiger partial charge in [0, 0.05) is 25.5 Å². The number of alkyl halides is 3. The van der Waals surface area contributed by atoms with E-state index in [1.165, 1.54) is 41.7 Å². The fourth-order valence-corrected chi connectivity index (χ4v) is 2.81. The first-order valence-electron chi connectivity index (χ1n) is 7.99. The molecule has 0 spiro atoms. The molecule has 27 heavy (non-hydrogen) atoms. The van der Waals surface area contributed by atoms with Crippen LogP contribution in [0.2, 0.25) is 0 Å². The maximum Gasteiger partial charge on any atom is 0.417 e. The van der Waals surface area contributed by atoms with Gasteiger partial charge in [-0.15, -0.1) is 0 Å². The molecule has 1 aliphatic heterocycles. The molecule has 0 unspecified atom stereocenters. The molecule has 1 fully saturated rings. The summed E-state index contributed by atoms with van der Waals surface area (Å²) in [6, 6.07) is 4.74. The molecule has 1 aliphatic rings. The van der Waals surface area contributed by atoms with Gasteiger partial charge < -0.3 is 9.42 Å². The molecular weight excluding hydrogens is 363 g/mol. The van der Waals surface area contributed by atoms with Crippen molar-refractivity contribution in [3.8, 4) is 11.5 Å². The molecular formula is C17H12F3N5O2. The Morgan fingerprint density at radius 2 is 1.96 bits per heavy atom. The largest absolute Gasteiger partial charge is 0.417 e. The van der Waals surface area contributed by atoms with Crippen LogP contribution in [0.5, 0.6) is 0 Å². The summed E-state index contributed by atoms with van der Waals surface area (Å²) in [5.74, 6) is -0.327. The van der Waals surface area contributed by atoms with Crippen LogP contribution in [0, 0.1) is 0 Å². The summed E-state index contributed by atoms with van der Waals surface area (Å²) in [5, 5.41) is 3.82. The summed E-state index contributed by atoms with van der Waals surface area (Å²) in [6.45, 7) is 0.403. The number of benzene rings is 1. The average Bonchev–Trinajstić information content (AvgIpc) is 3.10. The average molecular weight is 375 g/mol. The highest BCUT2D eigenvalue weighted by Gasteiger charge is 2.40. The molecule has 0 saturated carbocycles. The second-order valence-electron chi connectivity index (χ2n) is 6.00. The molecule has 1 amide bonds. The summed E-state index contributed by atoms with van der Waals surface area (Å²) in [4.78, 5) is 26.0. The first-order valence-corrected chi connectivity index (χ1v) is 7.99. The Hall–Kier alpha value is -3.30. The fraction of sp³-hybridized carbons (Fsp3) is 0.235. The number of rotatable bonds is 3. The fourth-order valence-electron chi connectivity index (χ4n) is 2.81. The Balaban J connectivity index is 1.46. The normalized spacial score (nSPS) is 14.9. The SMILES string of the molecule is O=C(c1ccccc1C(F)(F)F)N1CC(c2nc(-c3cnccn3)no2)C1. The van der Waals surface area contributed by atoms with E-state index in [1.807, 2.05) is 0 Å². The van der Waals surface area contributed by atoms with E-state index in [-0.39, 0.29) is 30.4 Å². The molecule has 10 heteroatoms. The zero-order valence-electron chi connectivity index (χ0n) is 13.7. The standard InChI is InChI=1S/C17H12F3N5O2/c18-17(19,20)12-4-2-1-3-11(12)16(26)25-8-10(9-25)15-23-14(24-27-15)13-7-21-5-6-22-13/h1-7,10H,8-9H2. The van der Waals surface area contributed by atoms with Gasteiger partial charge in [-0.25, -0.2) is 4.98 Å². The quantitative estimate of drug-likeness (QED) is 0.700. The van der Waals surface area contributed by atoms with E-state index in [9.17, 15) is 18.0 Å². The Bertz CT molecular complexity index is 968. The number of hydrogen-bond donors (Lipinski definition) is 0. The van der Waals surface area contributed by atoms with E-state index < -0.39 is 17.6 Å². The van der Waals surface area contributed by atoms with E-state index in [1.54, 1.807) is 0 Å². The van der Waals surface area contributed by atoms with Crippen molar-refractivity contribution in [3.05, 3.63) is 59.9 Å². The van der Waals surface area contributed by atoms with Crippen molar-refractivity contribution in [2.45, 2.75) is 12.1 Å². The van der Waals surface area contributed by atoms with Gasteiger partial charge in [-0.2, -0.15) is 18.2 Å². The van der Waals surface area contributed by atoms with Crippen LogP contribution in [0.25, 0.3) is 11.5 Å². The van der Waals surface area contributed by atoms with E-state index in [0.29, 0.717) is 11.6 Å². The number of nitrogens with zero attached hydrogens (tertiary/aromatic N) is 5. The molecule has 4 rings (SSSR count). The molecule has 1 saturated heterocycles. The molecule has 3 aromatic rings. The lowest BCUT2D eigenvalue weighted by molar-refractivity contribution is -0.138. The van der Waals surface area contributed by atoms with Crippen molar-refractivity contribution in [1.82, 2.24) is 25.0 Å². The van der Waals surface area contributed by atoms with Crippen molar-refractivity contribution in [2.24, 2.45) is 0 Å². The first kappa shape index (κ1) is 17.1. The molecule has 138 valence electrons. The predicted octanol–water partition coefficient (Wildman–Crippen LogP) is 2.79. The minimum atomic E-state index is -4.59. The molecule has 1 aromatic carbocycles. The molecule has 3 heterocycles. The Labute approximate surface area is 150 Å². The van der Waals surface area contributed by atoms with Crippen molar-refractivity contribution < 1.29 is 22.5 Å². The number of carbonyl (C=O) groups is 1.